The zero-order chi connectivity index (χ0) is 23.1. The van der Waals surface area contributed by atoms with Crippen molar-refractivity contribution in [3.05, 3.63) is 102 Å². The normalized spacial score (nSPS) is 16.4. The van der Waals surface area contributed by atoms with E-state index in [2.05, 4.69) is 34.6 Å². The van der Waals surface area contributed by atoms with Crippen molar-refractivity contribution in [3.8, 4) is 11.5 Å². The van der Waals surface area contributed by atoms with E-state index in [0.717, 1.165) is 30.8 Å². The Morgan fingerprint density at radius 3 is 2.27 bits per heavy atom. The van der Waals surface area contributed by atoms with Crippen LogP contribution in [-0.2, 0) is 16.6 Å². The van der Waals surface area contributed by atoms with Crippen molar-refractivity contribution in [3.63, 3.8) is 0 Å². The number of benzene rings is 2. The molecule has 1 aliphatic carbocycles. The summed E-state index contributed by atoms with van der Waals surface area (Å²) in [5.41, 5.74) is 3.40. The second-order valence-corrected chi connectivity index (χ2v) is 8.36. The Kier molecular flexibility index (Phi) is 7.08. The second-order valence-electron chi connectivity index (χ2n) is 8.36. The van der Waals surface area contributed by atoms with Crippen LogP contribution in [0.25, 0.3) is 0 Å². The van der Waals surface area contributed by atoms with Crippen LogP contribution in [0.5, 0.6) is 11.5 Å². The Bertz CT molecular complexity index is 1060. The summed E-state index contributed by atoms with van der Waals surface area (Å²) >= 11 is 0. The van der Waals surface area contributed by atoms with E-state index in [-0.39, 0.29) is 17.2 Å². The number of pyridine rings is 1. The fraction of sp³-hybridized carbons (Fsp3) is 0.286. The van der Waals surface area contributed by atoms with E-state index in [1.165, 1.54) is 16.7 Å². The minimum atomic E-state index is -0.193. The maximum absolute atomic E-state index is 12.4. The molecule has 1 aromatic heterocycles. The van der Waals surface area contributed by atoms with Crippen LogP contribution in [-0.4, -0.2) is 31.7 Å². The summed E-state index contributed by atoms with van der Waals surface area (Å²) in [6.45, 7) is 0.646. The monoisotopic (exact) mass is 442 g/mol. The molecule has 170 valence electrons. The lowest BCUT2D eigenvalue weighted by Crippen LogP contribution is -2.22. The Balaban J connectivity index is 1.44. The van der Waals surface area contributed by atoms with Gasteiger partial charge < -0.3 is 14.8 Å². The third-order valence-corrected chi connectivity index (χ3v) is 6.36. The summed E-state index contributed by atoms with van der Waals surface area (Å²) < 4.78 is 10.9. The van der Waals surface area contributed by atoms with Gasteiger partial charge >= 0.3 is 0 Å². The van der Waals surface area contributed by atoms with Crippen molar-refractivity contribution >= 4 is 5.91 Å². The lowest BCUT2D eigenvalue weighted by Gasteiger charge is -2.20. The predicted octanol–water partition coefficient (Wildman–Crippen LogP) is 4.71. The summed E-state index contributed by atoms with van der Waals surface area (Å²) in [5, 5.41) is 3.00. The number of nitrogens with zero attached hydrogens (tertiary/aromatic N) is 1. The molecule has 5 heteroatoms. The largest absolute Gasteiger partial charge is 0.497 e. The number of ether oxygens (including phenoxy) is 2. The van der Waals surface area contributed by atoms with Crippen LogP contribution >= 0.6 is 0 Å². The number of carbonyl (C=O) groups is 1. The molecule has 0 aliphatic heterocycles. The van der Waals surface area contributed by atoms with E-state index < -0.39 is 0 Å². The van der Waals surface area contributed by atoms with Crippen LogP contribution in [0.4, 0.5) is 0 Å². The molecule has 1 amide bonds. The first-order valence-electron chi connectivity index (χ1n) is 11.3. The molecule has 0 bridgehead atoms. The van der Waals surface area contributed by atoms with Crippen molar-refractivity contribution in [2.75, 3.05) is 20.8 Å². The number of methoxy groups -OCH3 is 2. The van der Waals surface area contributed by atoms with Crippen LogP contribution in [0.15, 0.2) is 85.2 Å². The molecular weight excluding hydrogens is 412 g/mol. The number of hydrogen-bond donors (Lipinski definition) is 1. The number of carbonyl (C=O) groups excluding carboxylic acids is 1. The molecule has 2 aromatic carbocycles. The molecule has 0 unspecified atom stereocenters. The minimum absolute atomic E-state index is 0.0539. The molecule has 0 spiro atoms. The van der Waals surface area contributed by atoms with Crippen LogP contribution in [0.1, 0.15) is 29.5 Å². The van der Waals surface area contributed by atoms with Gasteiger partial charge in [-0.15, -0.1) is 0 Å². The smallest absolute Gasteiger partial charge is 0.243 e. The van der Waals surface area contributed by atoms with Gasteiger partial charge in [0.15, 0.2) is 0 Å². The summed E-state index contributed by atoms with van der Waals surface area (Å²) in [6, 6.07) is 20.4. The van der Waals surface area contributed by atoms with Crippen LogP contribution < -0.4 is 14.8 Å². The number of hydrogen-bond acceptors (Lipinski definition) is 4. The molecule has 4 rings (SSSR count). The standard InChI is InChI=1S/C28H30N2O3/c1-32-25-9-3-7-22(18-25)28(23-8-4-10-26(19-23)33-2)20-24(28)11-12-27(31)30-15-5-6-21-13-16-29-17-14-21/h3-4,7-14,16-19,24H,5-6,15,20H2,1-2H3,(H,30,31)/t24-/m1/s1. The number of rotatable bonds is 10. The van der Waals surface area contributed by atoms with Gasteiger partial charge in [-0.1, -0.05) is 30.3 Å². The molecule has 1 fully saturated rings. The number of aryl methyl sites for hydroxylation is 1. The molecule has 1 saturated carbocycles. The lowest BCUT2D eigenvalue weighted by atomic mass is 9.85. The number of nitrogens with one attached hydrogen (secondary N) is 1. The van der Waals surface area contributed by atoms with E-state index in [9.17, 15) is 4.79 Å². The van der Waals surface area contributed by atoms with Crippen molar-refractivity contribution < 1.29 is 14.3 Å². The van der Waals surface area contributed by atoms with Gasteiger partial charge in [0, 0.05) is 24.4 Å². The molecule has 1 N–H and O–H groups in total. The Hall–Kier alpha value is -3.60. The van der Waals surface area contributed by atoms with Crippen LogP contribution in [0, 0.1) is 5.92 Å². The zero-order valence-electron chi connectivity index (χ0n) is 19.2. The molecular formula is C28H30N2O3. The highest BCUT2D eigenvalue weighted by molar-refractivity contribution is 5.87. The van der Waals surface area contributed by atoms with E-state index in [1.54, 1.807) is 32.7 Å². The van der Waals surface area contributed by atoms with Crippen molar-refractivity contribution in [2.24, 2.45) is 5.92 Å². The first-order chi connectivity index (χ1) is 16.2. The SMILES string of the molecule is COc1cccc(C2(c3cccc(OC)c3)C[C@H]2C=CC(=O)NCCCc2ccncc2)c1. The topological polar surface area (TPSA) is 60.5 Å². The lowest BCUT2D eigenvalue weighted by molar-refractivity contribution is -0.116. The molecule has 5 nitrogen and oxygen atoms in total. The van der Waals surface area contributed by atoms with Gasteiger partial charge in [0.2, 0.25) is 5.91 Å². The fourth-order valence-electron chi connectivity index (χ4n) is 4.47. The summed E-state index contributed by atoms with van der Waals surface area (Å²) in [5.74, 6) is 1.83. The zero-order valence-corrected chi connectivity index (χ0v) is 19.2. The Labute approximate surface area is 195 Å². The van der Waals surface area contributed by atoms with Gasteiger partial charge in [-0.2, -0.15) is 0 Å². The first kappa shape index (κ1) is 22.6. The Morgan fingerprint density at radius 2 is 1.67 bits per heavy atom. The summed E-state index contributed by atoms with van der Waals surface area (Å²) in [7, 11) is 3.36. The fourth-order valence-corrected chi connectivity index (χ4v) is 4.47. The van der Waals surface area contributed by atoms with Crippen molar-refractivity contribution in [2.45, 2.75) is 24.7 Å². The van der Waals surface area contributed by atoms with E-state index in [0.29, 0.717) is 6.54 Å². The quantitative estimate of drug-likeness (QED) is 0.365. The third-order valence-electron chi connectivity index (χ3n) is 6.36. The van der Waals surface area contributed by atoms with E-state index in [1.807, 2.05) is 42.5 Å². The molecule has 33 heavy (non-hydrogen) atoms. The minimum Gasteiger partial charge on any atom is -0.497 e. The Morgan fingerprint density at radius 1 is 1.03 bits per heavy atom. The molecule has 1 heterocycles. The third kappa shape index (κ3) is 5.25. The summed E-state index contributed by atoms with van der Waals surface area (Å²) in [6.07, 6.45) is 10.1. The van der Waals surface area contributed by atoms with Crippen LogP contribution in [0.2, 0.25) is 0 Å². The van der Waals surface area contributed by atoms with Crippen molar-refractivity contribution in [1.82, 2.24) is 10.3 Å². The number of amides is 1. The average molecular weight is 443 g/mol. The van der Waals surface area contributed by atoms with Crippen molar-refractivity contribution in [1.29, 1.82) is 0 Å². The first-order valence-corrected chi connectivity index (χ1v) is 11.3. The van der Waals surface area contributed by atoms with Gasteiger partial charge in [0.05, 0.1) is 14.2 Å². The molecule has 3 aromatic rings. The average Bonchev–Trinajstić information content (AvgIpc) is 3.62. The van der Waals surface area contributed by atoms with Gasteiger partial charge in [-0.25, -0.2) is 0 Å². The molecule has 0 saturated heterocycles. The molecule has 0 radical (unpaired) electrons. The van der Waals surface area contributed by atoms with Gasteiger partial charge in [0.1, 0.15) is 11.5 Å². The number of aromatic nitrogens is 1. The summed E-state index contributed by atoms with van der Waals surface area (Å²) in [4.78, 5) is 16.5. The number of allylic oxidation sites excluding steroid dienone is 1. The van der Waals surface area contributed by atoms with Gasteiger partial charge in [0.25, 0.3) is 0 Å². The molecule has 1 atom stereocenters. The highest BCUT2D eigenvalue weighted by atomic mass is 16.5. The predicted molar refractivity (Wildman–Crippen MR) is 130 cm³/mol. The van der Waals surface area contributed by atoms with Crippen LogP contribution in [0.3, 0.4) is 0 Å². The maximum Gasteiger partial charge on any atom is 0.243 e. The second kappa shape index (κ2) is 10.3. The van der Waals surface area contributed by atoms with Gasteiger partial charge in [-0.05, 0) is 84.3 Å². The van der Waals surface area contributed by atoms with Gasteiger partial charge in [-0.3, -0.25) is 9.78 Å². The van der Waals surface area contributed by atoms with E-state index in [4.69, 9.17) is 9.47 Å². The molecule has 1 aliphatic rings. The van der Waals surface area contributed by atoms with E-state index >= 15 is 0 Å². The highest BCUT2D eigenvalue weighted by Crippen LogP contribution is 2.60. The highest BCUT2D eigenvalue weighted by Gasteiger charge is 2.55. The maximum atomic E-state index is 12.4.